The fourth-order valence-corrected chi connectivity index (χ4v) is 2.86. The molecule has 2 aromatic rings. The number of benzene rings is 2. The van der Waals surface area contributed by atoms with E-state index in [0.717, 1.165) is 0 Å². The van der Waals surface area contributed by atoms with Crippen LogP contribution in [0.5, 0.6) is 0 Å². The Kier molecular flexibility index (Phi) is 5.97. The van der Waals surface area contributed by atoms with Crippen molar-refractivity contribution in [3.05, 3.63) is 117 Å². The number of non-ortho nitro benzene ring substituents is 1. The van der Waals surface area contributed by atoms with Gasteiger partial charge in [-0.05, 0) is 23.8 Å². The molecule has 1 aliphatic rings. The molecule has 30 heavy (non-hydrogen) atoms. The summed E-state index contributed by atoms with van der Waals surface area (Å²) in [6.07, 6.45) is 7.93. The molecule has 0 unspecified atom stereocenters. The average Bonchev–Trinajstić information content (AvgIpc) is 2.79. The maximum absolute atomic E-state index is 13.3. The van der Waals surface area contributed by atoms with Crippen LogP contribution in [-0.2, 0) is 0 Å². The second kappa shape index (κ2) is 8.96. The van der Waals surface area contributed by atoms with E-state index in [-0.39, 0.29) is 28.4 Å². The third kappa shape index (κ3) is 4.22. The van der Waals surface area contributed by atoms with Crippen LogP contribution in [0.1, 0.15) is 15.9 Å². The molecule has 0 fully saturated rings. The van der Waals surface area contributed by atoms with Crippen molar-refractivity contribution in [3.63, 3.8) is 0 Å². The molecule has 0 aliphatic carbocycles. The monoisotopic (exact) mass is 394 g/mol. The fraction of sp³-hybridized carbons (Fsp3) is 0. The normalized spacial score (nSPS) is 12.8. The molecule has 0 aromatic heterocycles. The van der Waals surface area contributed by atoms with E-state index in [0.29, 0.717) is 11.1 Å². The summed E-state index contributed by atoms with van der Waals surface area (Å²) in [7, 11) is 0. The maximum atomic E-state index is 13.3. The summed E-state index contributed by atoms with van der Waals surface area (Å²) in [6, 6.07) is 18.0. The van der Waals surface area contributed by atoms with Crippen molar-refractivity contribution in [2.45, 2.75) is 0 Å². The topological polar surface area (TPSA) is 111 Å². The van der Waals surface area contributed by atoms with Gasteiger partial charge in [0.2, 0.25) is 5.78 Å². The molecule has 7 heteroatoms. The maximum Gasteiger partial charge on any atom is 0.270 e. The van der Waals surface area contributed by atoms with E-state index in [1.165, 1.54) is 29.2 Å². The van der Waals surface area contributed by atoms with Crippen molar-refractivity contribution in [2.75, 3.05) is 0 Å². The summed E-state index contributed by atoms with van der Waals surface area (Å²) < 4.78 is 0. The lowest BCUT2D eigenvalue weighted by atomic mass is 10.0. The first-order valence-electron chi connectivity index (χ1n) is 8.79. The fourth-order valence-electron chi connectivity index (χ4n) is 2.86. The van der Waals surface area contributed by atoms with Gasteiger partial charge < -0.3 is 4.90 Å². The molecule has 1 heterocycles. The number of Topliss-reactive ketones (excluding diaryl/α,β-unsaturated/α-hetero) is 1. The molecule has 0 atom stereocenters. The van der Waals surface area contributed by atoms with Crippen molar-refractivity contribution >= 4 is 17.5 Å². The van der Waals surface area contributed by atoms with Crippen LogP contribution in [0.2, 0.25) is 0 Å². The highest BCUT2D eigenvalue weighted by Crippen LogP contribution is 2.27. The largest absolute Gasteiger partial charge is 0.312 e. The van der Waals surface area contributed by atoms with Gasteiger partial charge in [0.15, 0.2) is 5.57 Å². The van der Waals surface area contributed by atoms with Gasteiger partial charge in [-0.2, -0.15) is 10.5 Å². The second-order valence-electron chi connectivity index (χ2n) is 6.13. The van der Waals surface area contributed by atoms with Gasteiger partial charge in [0.05, 0.1) is 16.3 Å². The lowest BCUT2D eigenvalue weighted by molar-refractivity contribution is -0.384. The summed E-state index contributed by atoms with van der Waals surface area (Å²) in [5.41, 5.74) is 0.924. The highest BCUT2D eigenvalue weighted by atomic mass is 16.6. The zero-order valence-corrected chi connectivity index (χ0v) is 15.6. The Morgan fingerprint density at radius 1 is 1.03 bits per heavy atom. The predicted octanol–water partition coefficient (Wildman–Crippen LogP) is 4.51. The van der Waals surface area contributed by atoms with Gasteiger partial charge in [-0.1, -0.05) is 48.5 Å². The Hall–Kier alpha value is -4.75. The van der Waals surface area contributed by atoms with E-state index in [4.69, 9.17) is 0 Å². The lowest BCUT2D eigenvalue weighted by Gasteiger charge is -2.26. The zero-order chi connectivity index (χ0) is 21.5. The van der Waals surface area contributed by atoms with E-state index in [1.54, 1.807) is 60.8 Å². The number of ketones is 1. The van der Waals surface area contributed by atoms with Gasteiger partial charge in [0.1, 0.15) is 12.1 Å². The molecule has 3 rings (SSSR count). The number of nitro groups is 1. The first kappa shape index (κ1) is 20.0. The molecule has 2 aromatic carbocycles. The Morgan fingerprint density at radius 3 is 2.43 bits per heavy atom. The molecule has 144 valence electrons. The summed E-state index contributed by atoms with van der Waals surface area (Å²) in [5.74, 6) is -0.366. The number of nitro benzene ring substituents is 1. The van der Waals surface area contributed by atoms with Crippen molar-refractivity contribution < 1.29 is 9.72 Å². The Labute approximate surface area is 172 Å². The quantitative estimate of drug-likeness (QED) is 0.243. The second-order valence-corrected chi connectivity index (χ2v) is 6.13. The van der Waals surface area contributed by atoms with Crippen LogP contribution in [0.3, 0.4) is 0 Å². The summed E-state index contributed by atoms with van der Waals surface area (Å²) in [5, 5.41) is 29.8. The lowest BCUT2D eigenvalue weighted by Crippen LogP contribution is -2.24. The number of allylic oxidation sites excluding steroid dienone is 5. The number of hydrogen-bond donors (Lipinski definition) is 0. The molecule has 0 radical (unpaired) electrons. The number of carbonyl (C=O) groups excluding carboxylic acids is 1. The van der Waals surface area contributed by atoms with Gasteiger partial charge in [-0.3, -0.25) is 14.9 Å². The third-order valence-corrected chi connectivity index (χ3v) is 4.25. The highest BCUT2D eigenvalue weighted by Gasteiger charge is 2.23. The number of carbonyl (C=O) groups is 1. The Balaban J connectivity index is 2.20. The average molecular weight is 394 g/mol. The molecule has 0 amide bonds. The van der Waals surface area contributed by atoms with Crippen LogP contribution in [0.4, 0.5) is 5.69 Å². The van der Waals surface area contributed by atoms with E-state index in [2.05, 4.69) is 0 Å². The summed E-state index contributed by atoms with van der Waals surface area (Å²) in [4.78, 5) is 25.4. The van der Waals surface area contributed by atoms with Crippen LogP contribution in [-0.4, -0.2) is 15.6 Å². The minimum atomic E-state index is -0.519. The number of nitriles is 2. The van der Waals surface area contributed by atoms with Crippen molar-refractivity contribution in [1.82, 2.24) is 4.90 Å². The molecule has 0 saturated heterocycles. The third-order valence-electron chi connectivity index (χ3n) is 4.25. The summed E-state index contributed by atoms with van der Waals surface area (Å²) in [6.45, 7) is 0. The molecule has 1 aliphatic heterocycles. The van der Waals surface area contributed by atoms with Crippen molar-refractivity contribution in [2.24, 2.45) is 0 Å². The molecular formula is C23H14N4O3. The first-order chi connectivity index (χ1) is 14.5. The van der Waals surface area contributed by atoms with Crippen LogP contribution in [0, 0.1) is 32.8 Å². The van der Waals surface area contributed by atoms with Crippen LogP contribution >= 0.6 is 0 Å². The van der Waals surface area contributed by atoms with Crippen molar-refractivity contribution in [1.29, 1.82) is 10.5 Å². The minimum Gasteiger partial charge on any atom is -0.312 e. The number of rotatable bonds is 5. The van der Waals surface area contributed by atoms with Gasteiger partial charge in [0, 0.05) is 23.9 Å². The highest BCUT2D eigenvalue weighted by molar-refractivity contribution is 6.11. The van der Waals surface area contributed by atoms with Crippen LogP contribution < -0.4 is 0 Å². The minimum absolute atomic E-state index is 0.116. The summed E-state index contributed by atoms with van der Waals surface area (Å²) >= 11 is 0. The van der Waals surface area contributed by atoms with E-state index in [9.17, 15) is 25.4 Å². The smallest absolute Gasteiger partial charge is 0.270 e. The molecule has 0 spiro atoms. The van der Waals surface area contributed by atoms with Gasteiger partial charge in [-0.25, -0.2) is 0 Å². The van der Waals surface area contributed by atoms with Gasteiger partial charge >= 0.3 is 0 Å². The van der Waals surface area contributed by atoms with Crippen LogP contribution in [0.25, 0.3) is 6.08 Å². The molecule has 0 N–H and O–H groups in total. The van der Waals surface area contributed by atoms with Crippen LogP contribution in [0.15, 0.2) is 96.0 Å². The zero-order valence-electron chi connectivity index (χ0n) is 15.6. The Morgan fingerprint density at radius 2 is 1.77 bits per heavy atom. The number of nitrogens with zero attached hydrogens (tertiary/aromatic N) is 4. The molecular weight excluding hydrogens is 380 g/mol. The van der Waals surface area contributed by atoms with E-state index >= 15 is 0 Å². The molecule has 0 bridgehead atoms. The van der Waals surface area contributed by atoms with Gasteiger partial charge in [0.25, 0.3) is 5.69 Å². The first-order valence-corrected chi connectivity index (χ1v) is 8.79. The van der Waals surface area contributed by atoms with Gasteiger partial charge in [-0.15, -0.1) is 0 Å². The standard InChI is InChI=1S/C23H14N4O3/c24-15-19(16-25)21-11-4-5-12-26(21)22(23(28)18-8-2-1-3-9-18)14-17-7-6-10-20(13-17)27(29)30/h1-14H/b22-14+. The Bertz CT molecular complexity index is 1190. The van der Waals surface area contributed by atoms with Crippen molar-refractivity contribution in [3.8, 4) is 12.1 Å². The predicted molar refractivity (Wildman–Crippen MR) is 110 cm³/mol. The van der Waals surface area contributed by atoms with E-state index in [1.807, 2.05) is 12.1 Å². The SMILES string of the molecule is N#CC(C#N)=C1C=CC=CN1/C(=C/c1cccc([N+](=O)[O-])c1)C(=O)c1ccccc1. The number of hydrogen-bond acceptors (Lipinski definition) is 6. The molecule has 7 nitrogen and oxygen atoms in total. The molecule has 0 saturated carbocycles. The van der Waals surface area contributed by atoms with E-state index < -0.39 is 4.92 Å².